The molecule has 0 atom stereocenters. The van der Waals surface area contributed by atoms with Crippen LogP contribution in [0.3, 0.4) is 0 Å². The van der Waals surface area contributed by atoms with Gasteiger partial charge in [-0.05, 0) is 55.9 Å². The standard InChI is InChI=1S/C22H28FN5O2S/c1-14(2)19-17-4-3-5-18(23)20(17)28(25-19)22-24-21(30-26-22)15-6-10-27(11-7-15)16-8-12-31(29)13-9-16/h3-5,14-16H,6-13H2,1-2H3. The van der Waals surface area contributed by atoms with E-state index in [9.17, 15) is 8.60 Å². The van der Waals surface area contributed by atoms with Gasteiger partial charge in [0.2, 0.25) is 5.89 Å². The quantitative estimate of drug-likeness (QED) is 0.609. The summed E-state index contributed by atoms with van der Waals surface area (Å²) in [4.78, 5) is 7.14. The fourth-order valence-electron chi connectivity index (χ4n) is 4.86. The third-order valence-corrected chi connectivity index (χ3v) is 7.98. The van der Waals surface area contributed by atoms with Crippen molar-refractivity contribution in [1.29, 1.82) is 0 Å². The molecule has 0 saturated carbocycles. The van der Waals surface area contributed by atoms with E-state index in [1.54, 1.807) is 6.07 Å². The number of hydrogen-bond donors (Lipinski definition) is 0. The lowest BCUT2D eigenvalue weighted by atomic mass is 9.94. The van der Waals surface area contributed by atoms with Crippen molar-refractivity contribution in [3.8, 4) is 5.95 Å². The van der Waals surface area contributed by atoms with Crippen molar-refractivity contribution in [2.24, 2.45) is 0 Å². The van der Waals surface area contributed by atoms with Crippen LogP contribution in [0.15, 0.2) is 22.7 Å². The smallest absolute Gasteiger partial charge is 0.291 e. The van der Waals surface area contributed by atoms with Crippen LogP contribution in [-0.2, 0) is 10.8 Å². The van der Waals surface area contributed by atoms with Gasteiger partial charge < -0.3 is 9.42 Å². The summed E-state index contributed by atoms with van der Waals surface area (Å²) in [6.07, 6.45) is 3.95. The van der Waals surface area contributed by atoms with E-state index in [4.69, 9.17) is 4.52 Å². The van der Waals surface area contributed by atoms with Gasteiger partial charge in [-0.2, -0.15) is 14.8 Å². The molecular formula is C22H28FN5O2S. The van der Waals surface area contributed by atoms with Crippen LogP contribution >= 0.6 is 0 Å². The Bertz CT molecular complexity index is 1090. The van der Waals surface area contributed by atoms with Gasteiger partial charge in [-0.15, -0.1) is 0 Å². The summed E-state index contributed by atoms with van der Waals surface area (Å²) in [5.41, 5.74) is 1.21. The van der Waals surface area contributed by atoms with E-state index in [1.807, 2.05) is 19.9 Å². The van der Waals surface area contributed by atoms with Gasteiger partial charge in [-0.3, -0.25) is 4.21 Å². The summed E-state index contributed by atoms with van der Waals surface area (Å²) in [7, 11) is -0.626. The number of aromatic nitrogens is 4. The van der Waals surface area contributed by atoms with Gasteiger partial charge in [0.1, 0.15) is 11.3 Å². The van der Waals surface area contributed by atoms with E-state index in [-0.39, 0.29) is 23.6 Å². The van der Waals surface area contributed by atoms with Gasteiger partial charge in [0.05, 0.1) is 5.69 Å². The maximum absolute atomic E-state index is 14.6. The molecule has 166 valence electrons. The molecule has 2 aliphatic heterocycles. The predicted molar refractivity (Wildman–Crippen MR) is 117 cm³/mol. The van der Waals surface area contributed by atoms with Crippen LogP contribution in [0.1, 0.15) is 63.0 Å². The van der Waals surface area contributed by atoms with Crippen LogP contribution in [0.5, 0.6) is 0 Å². The molecule has 31 heavy (non-hydrogen) atoms. The molecule has 0 aliphatic carbocycles. The van der Waals surface area contributed by atoms with Crippen LogP contribution in [0.4, 0.5) is 4.39 Å². The number of hydrogen-bond acceptors (Lipinski definition) is 6. The molecule has 5 rings (SSSR count). The number of halogens is 1. The Balaban J connectivity index is 1.34. The number of likely N-dealkylation sites (tertiary alicyclic amines) is 1. The predicted octanol–water partition coefficient (Wildman–Crippen LogP) is 3.76. The highest BCUT2D eigenvalue weighted by molar-refractivity contribution is 7.85. The Hall–Kier alpha value is -2.13. The summed E-state index contributed by atoms with van der Waals surface area (Å²) < 4.78 is 33.4. The topological polar surface area (TPSA) is 77.0 Å². The zero-order valence-electron chi connectivity index (χ0n) is 18.0. The maximum atomic E-state index is 14.6. The molecule has 9 heteroatoms. The van der Waals surface area contributed by atoms with Gasteiger partial charge in [0.25, 0.3) is 5.95 Å². The molecule has 7 nitrogen and oxygen atoms in total. The van der Waals surface area contributed by atoms with Gasteiger partial charge >= 0.3 is 0 Å². The zero-order chi connectivity index (χ0) is 21.5. The Morgan fingerprint density at radius 2 is 1.90 bits per heavy atom. The first kappa shape index (κ1) is 20.8. The fourth-order valence-corrected chi connectivity index (χ4v) is 6.13. The molecule has 0 bridgehead atoms. The lowest BCUT2D eigenvalue weighted by Gasteiger charge is -2.38. The van der Waals surface area contributed by atoms with E-state index >= 15 is 0 Å². The normalized spacial score (nSPS) is 23.7. The van der Waals surface area contributed by atoms with Crippen molar-refractivity contribution in [3.05, 3.63) is 35.6 Å². The highest BCUT2D eigenvalue weighted by Gasteiger charge is 2.31. The minimum Gasteiger partial charge on any atom is -0.337 e. The number of fused-ring (bicyclic) bond motifs is 1. The third kappa shape index (κ3) is 3.93. The molecular weight excluding hydrogens is 417 g/mol. The summed E-state index contributed by atoms with van der Waals surface area (Å²) in [6, 6.07) is 5.57. The second-order valence-corrected chi connectivity index (χ2v) is 10.6. The van der Waals surface area contributed by atoms with E-state index < -0.39 is 10.8 Å². The average Bonchev–Trinajstić information content (AvgIpc) is 3.40. The molecule has 2 saturated heterocycles. The van der Waals surface area contributed by atoms with Crippen LogP contribution in [0.2, 0.25) is 0 Å². The highest BCUT2D eigenvalue weighted by Crippen LogP contribution is 2.32. The van der Waals surface area contributed by atoms with Crippen molar-refractivity contribution in [3.63, 3.8) is 0 Å². The highest BCUT2D eigenvalue weighted by atomic mass is 32.2. The number of piperidine rings is 1. The minimum absolute atomic E-state index is 0.151. The Kier molecular flexibility index (Phi) is 5.64. The second kappa shape index (κ2) is 8.43. The lowest BCUT2D eigenvalue weighted by molar-refractivity contribution is 0.134. The molecule has 0 amide bonds. The summed E-state index contributed by atoms with van der Waals surface area (Å²) in [6.45, 7) is 6.04. The van der Waals surface area contributed by atoms with Gasteiger partial charge in [0.15, 0.2) is 0 Å². The van der Waals surface area contributed by atoms with Crippen molar-refractivity contribution in [1.82, 2.24) is 24.8 Å². The summed E-state index contributed by atoms with van der Waals surface area (Å²) in [5.74, 6) is 2.55. The van der Waals surface area contributed by atoms with Crippen molar-refractivity contribution < 1.29 is 13.1 Å². The van der Waals surface area contributed by atoms with E-state index in [0.29, 0.717) is 17.4 Å². The molecule has 0 unspecified atom stereocenters. The molecule has 0 N–H and O–H groups in total. The van der Waals surface area contributed by atoms with Crippen LogP contribution < -0.4 is 0 Å². The minimum atomic E-state index is -0.626. The molecule has 1 aromatic carbocycles. The zero-order valence-corrected chi connectivity index (χ0v) is 18.8. The van der Waals surface area contributed by atoms with Gasteiger partial charge in [0, 0.05) is 39.7 Å². The largest absolute Gasteiger partial charge is 0.337 e. The SMILES string of the molecule is CC(C)c1nn(-c2noc(C3CCN(C4CCS(=O)CC4)CC3)n2)c2c(F)cccc12. The molecule has 2 fully saturated rings. The van der Waals surface area contributed by atoms with Crippen LogP contribution in [0.25, 0.3) is 16.9 Å². The van der Waals surface area contributed by atoms with Crippen molar-refractivity contribution in [2.45, 2.75) is 57.4 Å². The maximum Gasteiger partial charge on any atom is 0.291 e. The molecule has 3 aromatic rings. The first-order valence-corrected chi connectivity index (χ1v) is 12.6. The van der Waals surface area contributed by atoms with E-state index in [0.717, 1.165) is 61.4 Å². The van der Waals surface area contributed by atoms with Crippen LogP contribution in [0, 0.1) is 5.82 Å². The van der Waals surface area contributed by atoms with Crippen molar-refractivity contribution >= 4 is 21.7 Å². The Morgan fingerprint density at radius 1 is 1.16 bits per heavy atom. The first-order chi connectivity index (χ1) is 15.0. The Labute approximate surface area is 183 Å². The molecule has 2 aliphatic rings. The number of para-hydroxylation sites is 1. The number of rotatable bonds is 4. The number of benzene rings is 1. The lowest BCUT2D eigenvalue weighted by Crippen LogP contribution is -2.44. The van der Waals surface area contributed by atoms with Crippen molar-refractivity contribution in [2.75, 3.05) is 24.6 Å². The summed E-state index contributed by atoms with van der Waals surface area (Å²) in [5, 5.41) is 9.54. The second-order valence-electron chi connectivity index (χ2n) is 8.91. The first-order valence-electron chi connectivity index (χ1n) is 11.1. The molecule has 0 spiro atoms. The Morgan fingerprint density at radius 3 is 2.61 bits per heavy atom. The molecule has 0 radical (unpaired) electrons. The van der Waals surface area contributed by atoms with Crippen LogP contribution in [-0.4, -0.2) is 59.7 Å². The van der Waals surface area contributed by atoms with Gasteiger partial charge in [-0.25, -0.2) is 4.39 Å². The van der Waals surface area contributed by atoms with Gasteiger partial charge in [-0.1, -0.05) is 26.0 Å². The summed E-state index contributed by atoms with van der Waals surface area (Å²) >= 11 is 0. The number of nitrogens with zero attached hydrogens (tertiary/aromatic N) is 5. The van der Waals surface area contributed by atoms with E-state index in [2.05, 4.69) is 20.1 Å². The fraction of sp³-hybridized carbons (Fsp3) is 0.591. The molecule has 4 heterocycles. The monoisotopic (exact) mass is 445 g/mol. The average molecular weight is 446 g/mol. The van der Waals surface area contributed by atoms with E-state index in [1.165, 1.54) is 10.7 Å². The third-order valence-electron chi connectivity index (χ3n) is 6.60. The molecule has 2 aromatic heterocycles.